The van der Waals surface area contributed by atoms with Crippen LogP contribution in [0.15, 0.2) is 24.1 Å². The van der Waals surface area contributed by atoms with E-state index in [2.05, 4.69) is 15.0 Å². The zero-order chi connectivity index (χ0) is 14.9. The van der Waals surface area contributed by atoms with Crippen molar-refractivity contribution in [2.24, 2.45) is 0 Å². The van der Waals surface area contributed by atoms with Crippen LogP contribution in [-0.2, 0) is 10.0 Å². The molecule has 1 aliphatic heterocycles. The van der Waals surface area contributed by atoms with Gasteiger partial charge < -0.3 is 0 Å². The molecule has 21 heavy (non-hydrogen) atoms. The van der Waals surface area contributed by atoms with Crippen molar-refractivity contribution >= 4 is 21.4 Å². The minimum absolute atomic E-state index is 0.244. The SMILES string of the molecule is CS(=O)(=O)N1CCC(c2nccnc2-c2cncs2)CC1. The van der Waals surface area contributed by atoms with Gasteiger partial charge in [0.15, 0.2) is 0 Å². The highest BCUT2D eigenvalue weighted by Crippen LogP contribution is 2.34. The lowest BCUT2D eigenvalue weighted by Crippen LogP contribution is -2.37. The molecule has 6 nitrogen and oxygen atoms in total. The van der Waals surface area contributed by atoms with E-state index in [4.69, 9.17) is 0 Å². The lowest BCUT2D eigenvalue weighted by atomic mass is 9.92. The largest absolute Gasteiger partial charge is 0.257 e. The molecule has 8 heteroatoms. The molecule has 1 fully saturated rings. The summed E-state index contributed by atoms with van der Waals surface area (Å²) in [7, 11) is -3.10. The summed E-state index contributed by atoms with van der Waals surface area (Å²) in [6, 6.07) is 0. The topological polar surface area (TPSA) is 76.1 Å². The first-order valence-electron chi connectivity index (χ1n) is 6.70. The fourth-order valence-corrected chi connectivity index (χ4v) is 4.13. The summed E-state index contributed by atoms with van der Waals surface area (Å²) in [5.74, 6) is 0.244. The van der Waals surface area contributed by atoms with E-state index < -0.39 is 10.0 Å². The highest BCUT2D eigenvalue weighted by atomic mass is 32.2. The predicted molar refractivity (Wildman–Crippen MR) is 81.5 cm³/mol. The molecule has 0 bridgehead atoms. The maximum atomic E-state index is 11.6. The Hall–Kier alpha value is -1.38. The van der Waals surface area contributed by atoms with E-state index in [1.54, 1.807) is 24.1 Å². The van der Waals surface area contributed by atoms with E-state index in [1.807, 2.05) is 0 Å². The van der Waals surface area contributed by atoms with Crippen molar-refractivity contribution in [3.63, 3.8) is 0 Å². The normalized spacial score (nSPS) is 18.0. The minimum Gasteiger partial charge on any atom is -0.257 e. The third kappa shape index (κ3) is 3.12. The molecule has 3 rings (SSSR count). The Labute approximate surface area is 127 Å². The molecule has 0 aliphatic carbocycles. The Kier molecular flexibility index (Phi) is 4.01. The van der Waals surface area contributed by atoms with E-state index in [1.165, 1.54) is 21.9 Å². The average molecular weight is 324 g/mol. The molecule has 2 aromatic rings. The number of hydrogen-bond donors (Lipinski definition) is 0. The number of rotatable bonds is 3. The summed E-state index contributed by atoms with van der Waals surface area (Å²) in [5.41, 5.74) is 3.60. The van der Waals surface area contributed by atoms with Crippen LogP contribution in [0.5, 0.6) is 0 Å². The molecule has 0 atom stereocenters. The third-order valence-corrected chi connectivity index (χ3v) is 5.78. The molecule has 0 radical (unpaired) electrons. The zero-order valence-electron chi connectivity index (χ0n) is 11.6. The van der Waals surface area contributed by atoms with E-state index in [0.717, 1.165) is 29.1 Å². The minimum atomic E-state index is -3.10. The first-order valence-corrected chi connectivity index (χ1v) is 9.43. The molecule has 0 spiro atoms. The van der Waals surface area contributed by atoms with Gasteiger partial charge in [0.1, 0.15) is 5.69 Å². The summed E-state index contributed by atoms with van der Waals surface area (Å²) < 4.78 is 24.7. The van der Waals surface area contributed by atoms with E-state index in [0.29, 0.717) is 13.1 Å². The Balaban J connectivity index is 1.83. The summed E-state index contributed by atoms with van der Waals surface area (Å²) in [6.45, 7) is 1.09. The molecule has 0 unspecified atom stereocenters. The molecular formula is C13H16N4O2S2. The number of piperidine rings is 1. The van der Waals surface area contributed by atoms with Gasteiger partial charge in [0, 0.05) is 37.6 Å². The second-order valence-electron chi connectivity index (χ2n) is 5.09. The summed E-state index contributed by atoms with van der Waals surface area (Å²) in [5, 5.41) is 0. The molecule has 0 amide bonds. The molecule has 0 saturated carbocycles. The number of hydrogen-bond acceptors (Lipinski definition) is 6. The number of thiazole rings is 1. The van der Waals surface area contributed by atoms with Crippen LogP contribution in [0.25, 0.3) is 10.6 Å². The zero-order valence-corrected chi connectivity index (χ0v) is 13.3. The molecule has 0 N–H and O–H groups in total. The van der Waals surface area contributed by atoms with Crippen LogP contribution in [0.2, 0.25) is 0 Å². The highest BCUT2D eigenvalue weighted by Gasteiger charge is 2.28. The predicted octanol–water partition coefficient (Wildman–Crippen LogP) is 1.74. The highest BCUT2D eigenvalue weighted by molar-refractivity contribution is 7.88. The molecule has 112 valence electrons. The van der Waals surface area contributed by atoms with Crippen molar-refractivity contribution < 1.29 is 8.42 Å². The van der Waals surface area contributed by atoms with Crippen molar-refractivity contribution in [1.29, 1.82) is 0 Å². The van der Waals surface area contributed by atoms with Crippen LogP contribution in [0.4, 0.5) is 0 Å². The van der Waals surface area contributed by atoms with Crippen molar-refractivity contribution in [3.05, 3.63) is 29.8 Å². The van der Waals surface area contributed by atoms with E-state index >= 15 is 0 Å². The number of sulfonamides is 1. The lowest BCUT2D eigenvalue weighted by molar-refractivity contribution is 0.318. The van der Waals surface area contributed by atoms with Gasteiger partial charge in [-0.1, -0.05) is 0 Å². The van der Waals surface area contributed by atoms with Crippen LogP contribution in [-0.4, -0.2) is 47.0 Å². The first-order chi connectivity index (χ1) is 10.1. The Morgan fingerprint density at radius 3 is 2.57 bits per heavy atom. The van der Waals surface area contributed by atoms with Gasteiger partial charge in [-0.05, 0) is 12.8 Å². The molecular weight excluding hydrogens is 308 g/mol. The Morgan fingerprint density at radius 2 is 1.95 bits per heavy atom. The van der Waals surface area contributed by atoms with Gasteiger partial charge in [0.05, 0.1) is 22.3 Å². The first kappa shape index (κ1) is 14.6. The summed E-state index contributed by atoms with van der Waals surface area (Å²) >= 11 is 1.54. The summed E-state index contributed by atoms with van der Waals surface area (Å²) in [4.78, 5) is 14.0. The van der Waals surface area contributed by atoms with Crippen molar-refractivity contribution in [3.8, 4) is 10.6 Å². The Morgan fingerprint density at radius 1 is 1.24 bits per heavy atom. The second-order valence-corrected chi connectivity index (χ2v) is 7.96. The molecule has 1 aliphatic rings. The smallest absolute Gasteiger partial charge is 0.211 e. The molecule has 0 aromatic carbocycles. The van der Waals surface area contributed by atoms with Gasteiger partial charge in [0.2, 0.25) is 10.0 Å². The quantitative estimate of drug-likeness (QED) is 0.859. The van der Waals surface area contributed by atoms with E-state index in [9.17, 15) is 8.42 Å². The fraction of sp³-hybridized carbons (Fsp3) is 0.462. The average Bonchev–Trinajstić information content (AvgIpc) is 3.01. The standard InChI is InChI=1S/C13H16N4O2S2/c1-21(18,19)17-6-2-10(3-7-17)12-13(16-5-4-15-12)11-8-14-9-20-11/h4-5,8-10H,2-3,6-7H2,1H3. The van der Waals surface area contributed by atoms with Crippen molar-refractivity contribution in [2.75, 3.05) is 19.3 Å². The maximum absolute atomic E-state index is 11.6. The maximum Gasteiger partial charge on any atom is 0.211 e. The van der Waals surface area contributed by atoms with Crippen LogP contribution >= 0.6 is 11.3 Å². The van der Waals surface area contributed by atoms with Crippen LogP contribution in [0.3, 0.4) is 0 Å². The van der Waals surface area contributed by atoms with Gasteiger partial charge in [-0.2, -0.15) is 0 Å². The van der Waals surface area contributed by atoms with Gasteiger partial charge in [-0.15, -0.1) is 11.3 Å². The van der Waals surface area contributed by atoms with Gasteiger partial charge in [-0.25, -0.2) is 12.7 Å². The van der Waals surface area contributed by atoms with Crippen molar-refractivity contribution in [1.82, 2.24) is 19.3 Å². The van der Waals surface area contributed by atoms with Gasteiger partial charge in [-0.3, -0.25) is 15.0 Å². The third-order valence-electron chi connectivity index (χ3n) is 3.70. The van der Waals surface area contributed by atoms with Crippen LogP contribution in [0, 0.1) is 0 Å². The number of aromatic nitrogens is 3. The Bertz CT molecular complexity index is 708. The second kappa shape index (κ2) is 5.78. The van der Waals surface area contributed by atoms with Gasteiger partial charge in [0.25, 0.3) is 0 Å². The van der Waals surface area contributed by atoms with Crippen LogP contribution < -0.4 is 0 Å². The van der Waals surface area contributed by atoms with Crippen molar-refractivity contribution in [2.45, 2.75) is 18.8 Å². The summed E-state index contributed by atoms with van der Waals surface area (Å²) in [6.07, 6.45) is 7.99. The fourth-order valence-electron chi connectivity index (χ4n) is 2.63. The molecule has 1 saturated heterocycles. The van der Waals surface area contributed by atoms with E-state index in [-0.39, 0.29) is 5.92 Å². The van der Waals surface area contributed by atoms with Gasteiger partial charge >= 0.3 is 0 Å². The lowest BCUT2D eigenvalue weighted by Gasteiger charge is -2.30. The number of nitrogens with zero attached hydrogens (tertiary/aromatic N) is 4. The molecule has 2 aromatic heterocycles. The monoisotopic (exact) mass is 324 g/mol. The van der Waals surface area contributed by atoms with Crippen LogP contribution in [0.1, 0.15) is 24.5 Å². The molecule has 3 heterocycles.